The average molecular weight is 341 g/mol. The number of rotatable bonds is 3. The fraction of sp³-hybridized carbons (Fsp3) is 0.250. The topological polar surface area (TPSA) is 38.8 Å². The van der Waals surface area contributed by atoms with Crippen molar-refractivity contribution >= 4 is 17.6 Å². The van der Waals surface area contributed by atoms with Crippen LogP contribution in [0.25, 0.3) is 0 Å². The molecule has 2 aromatic rings. The lowest BCUT2D eigenvalue weighted by Crippen LogP contribution is -2.26. The van der Waals surface area contributed by atoms with E-state index < -0.39 is 0 Å². The largest absolute Gasteiger partial charge is 0.466 e. The summed E-state index contributed by atoms with van der Waals surface area (Å²) in [5.41, 5.74) is 2.49. The molecule has 3 nitrogen and oxygen atoms in total. The number of halogens is 1. The van der Waals surface area contributed by atoms with Gasteiger partial charge in [-0.3, -0.25) is 0 Å². The van der Waals surface area contributed by atoms with Crippen LogP contribution in [-0.4, -0.2) is 19.2 Å². The maximum Gasteiger partial charge on any atom is 0.334 e. The molecule has 0 amide bonds. The lowest BCUT2D eigenvalue weighted by Gasteiger charge is -2.27. The summed E-state index contributed by atoms with van der Waals surface area (Å²) < 4.78 is 11.0. The molecule has 3 atom stereocenters. The lowest BCUT2D eigenvalue weighted by molar-refractivity contribution is -0.136. The Morgan fingerprint density at radius 3 is 2.54 bits per heavy atom. The first kappa shape index (κ1) is 15.4. The zero-order valence-electron chi connectivity index (χ0n) is 13.2. The third-order valence-corrected chi connectivity index (χ3v) is 5.16. The Labute approximate surface area is 145 Å². The van der Waals surface area contributed by atoms with Crippen LogP contribution in [0.3, 0.4) is 0 Å². The number of carbonyl (C=O) groups is 1. The van der Waals surface area contributed by atoms with Crippen LogP contribution in [0.2, 0.25) is 5.02 Å². The maximum atomic E-state index is 12.2. The standard InChI is InChI=1S/C20H17ClO3/c1-23-19(22)16-11-18-20(24-18,14-7-9-15(21)10-8-14)12-17(16)13-5-3-2-4-6-13/h2-11,17-18H,12H2,1H3/t17-,18-,20-/m0/s1. The second-order valence-corrected chi connectivity index (χ2v) is 6.65. The summed E-state index contributed by atoms with van der Waals surface area (Å²) >= 11 is 6.00. The van der Waals surface area contributed by atoms with Crippen molar-refractivity contribution in [1.82, 2.24) is 0 Å². The predicted octanol–water partition coefficient (Wildman–Crippen LogP) is 4.22. The number of methoxy groups -OCH3 is 1. The molecule has 0 bridgehead atoms. The minimum Gasteiger partial charge on any atom is -0.466 e. The van der Waals surface area contributed by atoms with Crippen LogP contribution in [0.4, 0.5) is 0 Å². The van der Waals surface area contributed by atoms with E-state index in [9.17, 15) is 4.79 Å². The molecule has 24 heavy (non-hydrogen) atoms. The van der Waals surface area contributed by atoms with Gasteiger partial charge in [-0.1, -0.05) is 54.1 Å². The molecule has 2 aromatic carbocycles. The van der Waals surface area contributed by atoms with E-state index in [-0.39, 0.29) is 23.6 Å². The predicted molar refractivity (Wildman–Crippen MR) is 91.9 cm³/mol. The molecule has 1 aliphatic heterocycles. The summed E-state index contributed by atoms with van der Waals surface area (Å²) in [5.74, 6) is -0.336. The molecule has 1 saturated heterocycles. The Balaban J connectivity index is 1.75. The number of ether oxygens (including phenoxy) is 2. The van der Waals surface area contributed by atoms with Crippen molar-refractivity contribution < 1.29 is 14.3 Å². The second kappa shape index (κ2) is 5.76. The van der Waals surface area contributed by atoms with Gasteiger partial charge in [0.25, 0.3) is 0 Å². The number of hydrogen-bond donors (Lipinski definition) is 0. The molecule has 0 spiro atoms. The highest BCUT2D eigenvalue weighted by atomic mass is 35.5. The summed E-state index contributed by atoms with van der Waals surface area (Å²) in [6, 6.07) is 17.8. The molecule has 1 fully saturated rings. The monoisotopic (exact) mass is 340 g/mol. The van der Waals surface area contributed by atoms with Gasteiger partial charge in [0.05, 0.1) is 7.11 Å². The molecule has 0 radical (unpaired) electrons. The van der Waals surface area contributed by atoms with Gasteiger partial charge in [-0.05, 0) is 35.8 Å². The van der Waals surface area contributed by atoms with Gasteiger partial charge < -0.3 is 9.47 Å². The Bertz CT molecular complexity index is 797. The molecule has 1 aliphatic carbocycles. The SMILES string of the molecule is COC(=O)C1=C[C@@H]2O[C@]2(c2ccc(Cl)cc2)C[C@H]1c1ccccc1. The Hall–Kier alpha value is -2.10. The first-order valence-corrected chi connectivity index (χ1v) is 8.31. The fourth-order valence-corrected chi connectivity index (χ4v) is 3.74. The van der Waals surface area contributed by atoms with E-state index in [0.717, 1.165) is 11.1 Å². The van der Waals surface area contributed by atoms with Gasteiger partial charge in [-0.2, -0.15) is 0 Å². The van der Waals surface area contributed by atoms with Crippen LogP contribution >= 0.6 is 11.6 Å². The number of epoxide rings is 1. The van der Waals surface area contributed by atoms with Crippen molar-refractivity contribution in [1.29, 1.82) is 0 Å². The first-order valence-electron chi connectivity index (χ1n) is 7.93. The highest BCUT2D eigenvalue weighted by Gasteiger charge is 2.60. The van der Waals surface area contributed by atoms with Crippen LogP contribution in [0, 0.1) is 0 Å². The van der Waals surface area contributed by atoms with E-state index in [0.29, 0.717) is 17.0 Å². The summed E-state index contributed by atoms with van der Waals surface area (Å²) in [4.78, 5) is 12.2. The van der Waals surface area contributed by atoms with E-state index in [1.54, 1.807) is 0 Å². The van der Waals surface area contributed by atoms with Gasteiger partial charge in [0.2, 0.25) is 0 Å². The minimum absolute atomic E-state index is 0.0481. The summed E-state index contributed by atoms with van der Waals surface area (Å²) in [5, 5.41) is 0.702. The minimum atomic E-state index is -0.372. The van der Waals surface area contributed by atoms with Gasteiger partial charge in [0.1, 0.15) is 11.7 Å². The molecule has 0 aromatic heterocycles. The quantitative estimate of drug-likeness (QED) is 0.620. The van der Waals surface area contributed by atoms with Crippen LogP contribution < -0.4 is 0 Å². The molecular formula is C20H17ClO3. The smallest absolute Gasteiger partial charge is 0.334 e. The van der Waals surface area contributed by atoms with E-state index in [4.69, 9.17) is 21.1 Å². The van der Waals surface area contributed by atoms with Crippen LogP contribution in [0.5, 0.6) is 0 Å². The second-order valence-electron chi connectivity index (χ2n) is 6.22. The van der Waals surface area contributed by atoms with E-state index in [1.165, 1.54) is 7.11 Å². The van der Waals surface area contributed by atoms with Crippen molar-refractivity contribution in [2.45, 2.75) is 24.0 Å². The molecule has 0 N–H and O–H groups in total. The highest BCUT2D eigenvalue weighted by Crippen LogP contribution is 2.58. The Kier molecular flexibility index (Phi) is 3.70. The molecule has 2 aliphatic rings. The molecule has 1 heterocycles. The first-order chi connectivity index (χ1) is 11.6. The van der Waals surface area contributed by atoms with Gasteiger partial charge in [0, 0.05) is 16.5 Å². The number of fused-ring (bicyclic) bond motifs is 1. The molecule has 4 rings (SSSR count). The van der Waals surface area contributed by atoms with Crippen molar-refractivity contribution in [2.24, 2.45) is 0 Å². The third-order valence-electron chi connectivity index (χ3n) is 4.91. The molecular weight excluding hydrogens is 324 g/mol. The zero-order valence-corrected chi connectivity index (χ0v) is 14.0. The van der Waals surface area contributed by atoms with Gasteiger partial charge in [0.15, 0.2) is 0 Å². The lowest BCUT2D eigenvalue weighted by atomic mass is 9.75. The zero-order chi connectivity index (χ0) is 16.7. The van der Waals surface area contributed by atoms with Crippen LogP contribution in [0.1, 0.15) is 23.5 Å². The average Bonchev–Trinajstić information content (AvgIpc) is 3.36. The molecule has 0 saturated carbocycles. The normalized spacial score (nSPS) is 27.8. The van der Waals surface area contributed by atoms with Crippen molar-refractivity contribution in [2.75, 3.05) is 7.11 Å². The van der Waals surface area contributed by atoms with E-state index in [1.807, 2.05) is 60.7 Å². The van der Waals surface area contributed by atoms with E-state index in [2.05, 4.69) is 0 Å². The van der Waals surface area contributed by atoms with Crippen molar-refractivity contribution in [3.63, 3.8) is 0 Å². The number of esters is 1. The van der Waals surface area contributed by atoms with E-state index >= 15 is 0 Å². The number of hydrogen-bond acceptors (Lipinski definition) is 3. The molecule has 122 valence electrons. The van der Waals surface area contributed by atoms with Crippen LogP contribution in [0.15, 0.2) is 66.2 Å². The summed E-state index contributed by atoms with van der Waals surface area (Å²) in [6.45, 7) is 0. The van der Waals surface area contributed by atoms with Crippen molar-refractivity contribution in [3.8, 4) is 0 Å². The van der Waals surface area contributed by atoms with Crippen molar-refractivity contribution in [3.05, 3.63) is 82.4 Å². The van der Waals surface area contributed by atoms with Gasteiger partial charge in [-0.25, -0.2) is 4.79 Å². The number of benzene rings is 2. The Morgan fingerprint density at radius 1 is 1.17 bits per heavy atom. The highest BCUT2D eigenvalue weighted by molar-refractivity contribution is 6.30. The Morgan fingerprint density at radius 2 is 1.88 bits per heavy atom. The third kappa shape index (κ3) is 2.45. The fourth-order valence-electron chi connectivity index (χ4n) is 3.61. The van der Waals surface area contributed by atoms with Gasteiger partial charge in [-0.15, -0.1) is 0 Å². The molecule has 0 unspecified atom stereocenters. The summed E-state index contributed by atoms with van der Waals surface area (Å²) in [6.07, 6.45) is 2.54. The maximum absolute atomic E-state index is 12.2. The molecule has 4 heteroatoms. The van der Waals surface area contributed by atoms with Gasteiger partial charge >= 0.3 is 5.97 Å². The van der Waals surface area contributed by atoms with Crippen LogP contribution in [-0.2, 0) is 19.9 Å². The number of carbonyl (C=O) groups excluding carboxylic acids is 1. The summed E-state index contributed by atoms with van der Waals surface area (Å²) in [7, 11) is 1.42.